The molecule has 0 fully saturated rings. The molecule has 2 nitrogen and oxygen atoms in total. The highest BCUT2D eigenvalue weighted by Crippen LogP contribution is 2.23. The number of nitrogens with zero attached hydrogens (tertiary/aromatic N) is 1. The first kappa shape index (κ1) is 7.83. The number of benzene rings is 1. The topological polar surface area (TPSA) is 49.8 Å². The van der Waals surface area contributed by atoms with Gasteiger partial charge in [0.05, 0.1) is 16.3 Å². The van der Waals surface area contributed by atoms with E-state index in [1.807, 2.05) is 0 Å². The Hall–Kier alpha value is -1.27. The molecule has 0 radical (unpaired) electrons. The Balaban J connectivity index is 3.44. The molecule has 1 rings (SSSR count). The summed E-state index contributed by atoms with van der Waals surface area (Å²) in [5.41, 5.74) is 5.01. The predicted molar refractivity (Wildman–Crippen MR) is 40.5 cm³/mol. The zero-order valence-corrected chi connectivity index (χ0v) is 6.19. The molecule has 0 aliphatic heterocycles. The van der Waals surface area contributed by atoms with Crippen LogP contribution in [0, 0.1) is 17.1 Å². The first-order valence-corrected chi connectivity index (χ1v) is 3.18. The lowest BCUT2D eigenvalue weighted by atomic mass is 10.2. The minimum Gasteiger partial charge on any atom is -0.395 e. The van der Waals surface area contributed by atoms with E-state index < -0.39 is 5.82 Å². The Morgan fingerprint density at radius 2 is 2.18 bits per heavy atom. The van der Waals surface area contributed by atoms with Crippen LogP contribution < -0.4 is 5.73 Å². The third kappa shape index (κ3) is 1.26. The SMILES string of the molecule is N#Cc1c(Cl)ccc(F)c1N. The molecule has 0 amide bonds. The lowest BCUT2D eigenvalue weighted by Gasteiger charge is -1.99. The summed E-state index contributed by atoms with van der Waals surface area (Å²) >= 11 is 5.53. The Morgan fingerprint density at radius 3 is 2.64 bits per heavy atom. The van der Waals surface area contributed by atoms with E-state index in [0.717, 1.165) is 6.07 Å². The second kappa shape index (κ2) is 2.77. The van der Waals surface area contributed by atoms with Crippen molar-refractivity contribution in [2.75, 3.05) is 5.73 Å². The summed E-state index contributed by atoms with van der Waals surface area (Å²) < 4.78 is 12.6. The summed E-state index contributed by atoms with van der Waals surface area (Å²) in [4.78, 5) is 0. The molecule has 0 spiro atoms. The first-order valence-electron chi connectivity index (χ1n) is 2.80. The third-order valence-electron chi connectivity index (χ3n) is 1.25. The quantitative estimate of drug-likeness (QED) is 0.605. The van der Waals surface area contributed by atoms with Gasteiger partial charge in [-0.15, -0.1) is 0 Å². The summed E-state index contributed by atoms with van der Waals surface area (Å²) in [6.07, 6.45) is 0. The molecule has 0 aromatic heterocycles. The van der Waals surface area contributed by atoms with E-state index in [1.54, 1.807) is 6.07 Å². The molecule has 0 aliphatic carbocycles. The number of nitriles is 1. The van der Waals surface area contributed by atoms with Gasteiger partial charge < -0.3 is 5.73 Å². The van der Waals surface area contributed by atoms with Gasteiger partial charge in [-0.3, -0.25) is 0 Å². The maximum Gasteiger partial charge on any atom is 0.147 e. The van der Waals surface area contributed by atoms with Crippen LogP contribution in [0.2, 0.25) is 5.02 Å². The number of anilines is 1. The Kier molecular flexibility index (Phi) is 1.97. The summed E-state index contributed by atoms with van der Waals surface area (Å²) in [7, 11) is 0. The van der Waals surface area contributed by atoms with E-state index in [1.165, 1.54) is 6.07 Å². The van der Waals surface area contributed by atoms with Crippen molar-refractivity contribution in [1.29, 1.82) is 5.26 Å². The van der Waals surface area contributed by atoms with Gasteiger partial charge in [0.2, 0.25) is 0 Å². The zero-order chi connectivity index (χ0) is 8.43. The van der Waals surface area contributed by atoms with Crippen molar-refractivity contribution in [1.82, 2.24) is 0 Å². The van der Waals surface area contributed by atoms with E-state index >= 15 is 0 Å². The smallest absolute Gasteiger partial charge is 0.147 e. The molecule has 1 aromatic carbocycles. The van der Waals surface area contributed by atoms with Gasteiger partial charge in [0.15, 0.2) is 0 Å². The van der Waals surface area contributed by atoms with Crippen LogP contribution >= 0.6 is 11.6 Å². The van der Waals surface area contributed by atoms with Gasteiger partial charge >= 0.3 is 0 Å². The molecule has 0 bridgehead atoms. The average Bonchev–Trinajstić information content (AvgIpc) is 1.99. The van der Waals surface area contributed by atoms with Gasteiger partial charge in [-0.1, -0.05) is 11.6 Å². The lowest BCUT2D eigenvalue weighted by molar-refractivity contribution is 0.632. The molecule has 0 atom stereocenters. The molecule has 1 aromatic rings. The van der Waals surface area contributed by atoms with Crippen molar-refractivity contribution in [3.05, 3.63) is 28.5 Å². The van der Waals surface area contributed by atoms with E-state index in [9.17, 15) is 4.39 Å². The van der Waals surface area contributed by atoms with Gasteiger partial charge in [0.25, 0.3) is 0 Å². The molecule has 56 valence electrons. The van der Waals surface area contributed by atoms with Crippen LogP contribution in [0.3, 0.4) is 0 Å². The minimum atomic E-state index is -0.619. The van der Waals surface area contributed by atoms with Crippen molar-refractivity contribution in [3.63, 3.8) is 0 Å². The van der Waals surface area contributed by atoms with Crippen molar-refractivity contribution in [2.24, 2.45) is 0 Å². The van der Waals surface area contributed by atoms with Crippen molar-refractivity contribution < 1.29 is 4.39 Å². The van der Waals surface area contributed by atoms with Crippen LogP contribution in [0.4, 0.5) is 10.1 Å². The fraction of sp³-hybridized carbons (Fsp3) is 0. The standard InChI is InChI=1S/C7H4ClFN2/c8-5-1-2-6(9)7(11)4(5)3-10/h1-2H,11H2. The second-order valence-corrected chi connectivity index (χ2v) is 2.34. The molecular formula is C7H4ClFN2. The predicted octanol–water partition coefficient (Wildman–Crippen LogP) is 1.93. The molecular weight excluding hydrogens is 167 g/mol. The third-order valence-corrected chi connectivity index (χ3v) is 1.57. The number of hydrogen-bond donors (Lipinski definition) is 1. The van der Waals surface area contributed by atoms with Crippen LogP contribution in [0.1, 0.15) is 5.56 Å². The summed E-state index contributed by atoms with van der Waals surface area (Å²) in [6, 6.07) is 4.13. The largest absolute Gasteiger partial charge is 0.395 e. The zero-order valence-electron chi connectivity index (χ0n) is 5.44. The molecule has 0 saturated heterocycles. The van der Waals surface area contributed by atoms with Gasteiger partial charge in [0, 0.05) is 0 Å². The number of rotatable bonds is 0. The summed E-state index contributed by atoms with van der Waals surface area (Å²) in [5.74, 6) is -0.619. The van der Waals surface area contributed by atoms with Crippen LogP contribution in [-0.2, 0) is 0 Å². The van der Waals surface area contributed by atoms with E-state index in [0.29, 0.717) is 0 Å². The van der Waals surface area contributed by atoms with Crippen LogP contribution in [0.15, 0.2) is 12.1 Å². The Bertz CT molecular complexity index is 330. The van der Waals surface area contributed by atoms with Crippen molar-refractivity contribution >= 4 is 17.3 Å². The van der Waals surface area contributed by atoms with Crippen molar-refractivity contribution in [3.8, 4) is 6.07 Å². The first-order chi connectivity index (χ1) is 5.16. The normalized spacial score (nSPS) is 9.18. The highest BCUT2D eigenvalue weighted by molar-refractivity contribution is 6.32. The van der Waals surface area contributed by atoms with E-state index in [-0.39, 0.29) is 16.3 Å². The van der Waals surface area contributed by atoms with E-state index in [2.05, 4.69) is 0 Å². The Labute approximate surface area is 68.0 Å². The molecule has 0 saturated carbocycles. The van der Waals surface area contributed by atoms with Crippen molar-refractivity contribution in [2.45, 2.75) is 0 Å². The van der Waals surface area contributed by atoms with E-state index in [4.69, 9.17) is 22.6 Å². The lowest BCUT2D eigenvalue weighted by Crippen LogP contribution is -1.94. The highest BCUT2D eigenvalue weighted by atomic mass is 35.5. The number of nitrogen functional groups attached to an aromatic ring is 1. The number of halogens is 2. The maximum atomic E-state index is 12.6. The molecule has 0 heterocycles. The average molecular weight is 171 g/mol. The van der Waals surface area contributed by atoms with Crippen LogP contribution in [0.25, 0.3) is 0 Å². The summed E-state index contributed by atoms with van der Waals surface area (Å²) in [5, 5.41) is 8.62. The fourth-order valence-corrected chi connectivity index (χ4v) is 0.888. The monoisotopic (exact) mass is 170 g/mol. The van der Waals surface area contributed by atoms with Crippen LogP contribution in [0.5, 0.6) is 0 Å². The van der Waals surface area contributed by atoms with Gasteiger partial charge in [-0.25, -0.2) is 4.39 Å². The number of hydrogen-bond acceptors (Lipinski definition) is 2. The molecule has 0 aliphatic rings. The maximum absolute atomic E-state index is 12.6. The minimum absolute atomic E-state index is 0.00772. The van der Waals surface area contributed by atoms with Crippen LogP contribution in [-0.4, -0.2) is 0 Å². The highest BCUT2D eigenvalue weighted by Gasteiger charge is 2.07. The molecule has 4 heteroatoms. The second-order valence-electron chi connectivity index (χ2n) is 1.93. The van der Waals surface area contributed by atoms with Gasteiger partial charge in [0.1, 0.15) is 11.9 Å². The number of nitrogens with two attached hydrogens (primary N) is 1. The molecule has 0 unspecified atom stereocenters. The van der Waals surface area contributed by atoms with Gasteiger partial charge in [-0.2, -0.15) is 5.26 Å². The van der Waals surface area contributed by atoms with Gasteiger partial charge in [-0.05, 0) is 12.1 Å². The Morgan fingerprint density at radius 1 is 1.55 bits per heavy atom. The molecule has 2 N–H and O–H groups in total. The summed E-state index contributed by atoms with van der Waals surface area (Å²) in [6.45, 7) is 0. The molecule has 11 heavy (non-hydrogen) atoms. The fourth-order valence-electron chi connectivity index (χ4n) is 0.681.